The van der Waals surface area contributed by atoms with Gasteiger partial charge in [-0.1, -0.05) is 6.42 Å². The zero-order valence-corrected chi connectivity index (χ0v) is 12.1. The molecule has 1 unspecified atom stereocenters. The van der Waals surface area contributed by atoms with E-state index in [1.54, 1.807) is 6.20 Å². The van der Waals surface area contributed by atoms with E-state index in [-0.39, 0.29) is 11.9 Å². The van der Waals surface area contributed by atoms with Crippen molar-refractivity contribution < 1.29 is 9.21 Å². The molecule has 1 saturated heterocycles. The SMILES string of the molecule is Cc1ncc(-c2ccc(NC(=O)C3CCCCN3)cc2)o1. The summed E-state index contributed by atoms with van der Waals surface area (Å²) in [6, 6.07) is 7.53. The molecule has 0 spiro atoms. The number of benzene rings is 1. The van der Waals surface area contributed by atoms with Gasteiger partial charge in [0.15, 0.2) is 11.7 Å². The molecule has 21 heavy (non-hydrogen) atoms. The summed E-state index contributed by atoms with van der Waals surface area (Å²) in [5.41, 5.74) is 1.75. The number of piperidine rings is 1. The van der Waals surface area contributed by atoms with Crippen molar-refractivity contribution in [1.29, 1.82) is 0 Å². The summed E-state index contributed by atoms with van der Waals surface area (Å²) in [6.45, 7) is 2.73. The number of anilines is 1. The highest BCUT2D eigenvalue weighted by atomic mass is 16.4. The minimum atomic E-state index is -0.0738. The number of amides is 1. The molecule has 1 aromatic carbocycles. The molecule has 2 aromatic rings. The summed E-state index contributed by atoms with van der Waals surface area (Å²) in [5.74, 6) is 1.42. The highest BCUT2D eigenvalue weighted by Gasteiger charge is 2.20. The third-order valence-electron chi connectivity index (χ3n) is 3.69. The predicted octanol–water partition coefficient (Wildman–Crippen LogP) is 2.73. The fourth-order valence-electron chi connectivity index (χ4n) is 2.52. The van der Waals surface area contributed by atoms with Crippen LogP contribution in [-0.4, -0.2) is 23.5 Å². The molecule has 1 amide bonds. The maximum absolute atomic E-state index is 12.1. The second-order valence-electron chi connectivity index (χ2n) is 5.31. The van der Waals surface area contributed by atoms with Crippen LogP contribution >= 0.6 is 0 Å². The van der Waals surface area contributed by atoms with Crippen LogP contribution < -0.4 is 10.6 Å². The van der Waals surface area contributed by atoms with Crippen molar-refractivity contribution in [3.63, 3.8) is 0 Å². The van der Waals surface area contributed by atoms with Crippen molar-refractivity contribution in [3.8, 4) is 11.3 Å². The number of nitrogens with zero attached hydrogens (tertiary/aromatic N) is 1. The highest BCUT2D eigenvalue weighted by Crippen LogP contribution is 2.22. The Bertz CT molecular complexity index is 613. The Hall–Kier alpha value is -2.14. The molecular weight excluding hydrogens is 266 g/mol. The van der Waals surface area contributed by atoms with Gasteiger partial charge in [0, 0.05) is 18.2 Å². The van der Waals surface area contributed by atoms with Crippen LogP contribution in [0.15, 0.2) is 34.9 Å². The normalized spacial score (nSPS) is 18.4. The smallest absolute Gasteiger partial charge is 0.241 e. The minimum Gasteiger partial charge on any atom is -0.441 e. The molecule has 1 atom stereocenters. The lowest BCUT2D eigenvalue weighted by atomic mass is 10.0. The topological polar surface area (TPSA) is 67.2 Å². The van der Waals surface area contributed by atoms with Crippen LogP contribution in [0.3, 0.4) is 0 Å². The fraction of sp³-hybridized carbons (Fsp3) is 0.375. The largest absolute Gasteiger partial charge is 0.441 e. The van der Waals surface area contributed by atoms with E-state index in [1.165, 1.54) is 0 Å². The summed E-state index contributed by atoms with van der Waals surface area (Å²) in [4.78, 5) is 16.2. The van der Waals surface area contributed by atoms with Crippen LogP contribution in [0.5, 0.6) is 0 Å². The van der Waals surface area contributed by atoms with Crippen molar-refractivity contribution in [2.24, 2.45) is 0 Å². The zero-order valence-electron chi connectivity index (χ0n) is 12.1. The Balaban J connectivity index is 1.65. The molecule has 1 aliphatic rings. The molecule has 1 aromatic heterocycles. The average Bonchev–Trinajstić information content (AvgIpc) is 2.95. The van der Waals surface area contributed by atoms with E-state index < -0.39 is 0 Å². The van der Waals surface area contributed by atoms with Gasteiger partial charge >= 0.3 is 0 Å². The first-order valence-electron chi connectivity index (χ1n) is 7.29. The first-order valence-corrected chi connectivity index (χ1v) is 7.29. The predicted molar refractivity (Wildman–Crippen MR) is 80.9 cm³/mol. The molecule has 110 valence electrons. The summed E-state index contributed by atoms with van der Waals surface area (Å²) in [5, 5.41) is 6.19. The Morgan fingerprint density at radius 2 is 2.14 bits per heavy atom. The molecule has 0 bridgehead atoms. The fourth-order valence-corrected chi connectivity index (χ4v) is 2.52. The molecule has 0 radical (unpaired) electrons. The van der Waals surface area contributed by atoms with Crippen LogP contribution in [0, 0.1) is 6.92 Å². The Labute approximate surface area is 123 Å². The van der Waals surface area contributed by atoms with Crippen molar-refractivity contribution in [2.75, 3.05) is 11.9 Å². The van der Waals surface area contributed by atoms with Crippen molar-refractivity contribution in [2.45, 2.75) is 32.2 Å². The molecule has 1 fully saturated rings. The number of aryl methyl sites for hydroxylation is 1. The van der Waals surface area contributed by atoms with Crippen LogP contribution in [0.1, 0.15) is 25.2 Å². The lowest BCUT2D eigenvalue weighted by Gasteiger charge is -2.22. The van der Waals surface area contributed by atoms with E-state index in [2.05, 4.69) is 15.6 Å². The highest BCUT2D eigenvalue weighted by molar-refractivity contribution is 5.95. The quantitative estimate of drug-likeness (QED) is 0.910. The van der Waals surface area contributed by atoms with Gasteiger partial charge in [-0.3, -0.25) is 4.79 Å². The number of nitrogens with one attached hydrogen (secondary N) is 2. The van der Waals surface area contributed by atoms with Crippen molar-refractivity contribution in [1.82, 2.24) is 10.3 Å². The number of hydrogen-bond donors (Lipinski definition) is 2. The zero-order chi connectivity index (χ0) is 14.7. The Morgan fingerprint density at radius 3 is 2.76 bits per heavy atom. The second kappa shape index (κ2) is 6.10. The van der Waals surface area contributed by atoms with Crippen LogP contribution in [0.4, 0.5) is 5.69 Å². The first-order chi connectivity index (χ1) is 10.2. The van der Waals surface area contributed by atoms with E-state index in [0.29, 0.717) is 5.89 Å². The van der Waals surface area contributed by atoms with Gasteiger partial charge in [0.25, 0.3) is 0 Å². The molecule has 3 rings (SSSR count). The number of carbonyl (C=O) groups excluding carboxylic acids is 1. The van der Waals surface area contributed by atoms with Crippen LogP contribution in [-0.2, 0) is 4.79 Å². The van der Waals surface area contributed by atoms with Crippen molar-refractivity contribution in [3.05, 3.63) is 36.4 Å². The van der Waals surface area contributed by atoms with Gasteiger partial charge in [-0.05, 0) is 43.7 Å². The van der Waals surface area contributed by atoms with Gasteiger partial charge in [0.05, 0.1) is 12.2 Å². The molecular formula is C16H19N3O2. The minimum absolute atomic E-state index is 0.0398. The molecule has 1 aliphatic heterocycles. The molecule has 0 saturated carbocycles. The summed E-state index contributed by atoms with van der Waals surface area (Å²) in [7, 11) is 0. The maximum Gasteiger partial charge on any atom is 0.241 e. The number of oxazole rings is 1. The van der Waals surface area contributed by atoms with Crippen molar-refractivity contribution >= 4 is 11.6 Å². The van der Waals surface area contributed by atoms with E-state index in [9.17, 15) is 4.79 Å². The summed E-state index contributed by atoms with van der Waals surface area (Å²) in [6.07, 6.45) is 4.86. The number of hydrogen-bond acceptors (Lipinski definition) is 4. The monoisotopic (exact) mass is 285 g/mol. The van der Waals surface area contributed by atoms with Gasteiger partial charge in [-0.25, -0.2) is 4.98 Å². The van der Waals surface area contributed by atoms with Crippen LogP contribution in [0.2, 0.25) is 0 Å². The van der Waals surface area contributed by atoms with Gasteiger partial charge in [0.1, 0.15) is 0 Å². The second-order valence-corrected chi connectivity index (χ2v) is 5.31. The lowest BCUT2D eigenvalue weighted by molar-refractivity contribution is -0.118. The Kier molecular flexibility index (Phi) is 4.01. The molecule has 2 N–H and O–H groups in total. The third kappa shape index (κ3) is 3.31. The first kappa shape index (κ1) is 13.8. The maximum atomic E-state index is 12.1. The van der Waals surface area contributed by atoms with Crippen LogP contribution in [0.25, 0.3) is 11.3 Å². The van der Waals surface area contributed by atoms with Gasteiger partial charge in [-0.2, -0.15) is 0 Å². The molecule has 5 heteroatoms. The van der Waals surface area contributed by atoms with Gasteiger partial charge in [0.2, 0.25) is 5.91 Å². The number of carbonyl (C=O) groups is 1. The lowest BCUT2D eigenvalue weighted by Crippen LogP contribution is -2.43. The number of aromatic nitrogens is 1. The van der Waals surface area contributed by atoms with Gasteiger partial charge in [-0.15, -0.1) is 0 Å². The van der Waals surface area contributed by atoms with Gasteiger partial charge < -0.3 is 15.1 Å². The molecule has 0 aliphatic carbocycles. The summed E-state index contributed by atoms with van der Waals surface area (Å²) < 4.78 is 5.48. The third-order valence-corrected chi connectivity index (χ3v) is 3.69. The van der Waals surface area contributed by atoms with E-state index in [1.807, 2.05) is 31.2 Å². The van der Waals surface area contributed by atoms with E-state index in [0.717, 1.165) is 42.8 Å². The average molecular weight is 285 g/mol. The Morgan fingerprint density at radius 1 is 1.33 bits per heavy atom. The van der Waals surface area contributed by atoms with E-state index in [4.69, 9.17) is 4.42 Å². The number of rotatable bonds is 3. The molecule has 2 heterocycles. The van der Waals surface area contributed by atoms with E-state index >= 15 is 0 Å². The summed E-state index contributed by atoms with van der Waals surface area (Å²) >= 11 is 0. The standard InChI is InChI=1S/C16H19N3O2/c1-11-18-10-15(21-11)12-5-7-13(8-6-12)19-16(20)14-4-2-3-9-17-14/h5-8,10,14,17H,2-4,9H2,1H3,(H,19,20). The molecule has 5 nitrogen and oxygen atoms in total.